The number of para-hydroxylation sites is 1. The quantitative estimate of drug-likeness (QED) is 0.527. The number of benzene rings is 3. The van der Waals surface area contributed by atoms with E-state index in [1.807, 2.05) is 60.7 Å². The van der Waals surface area contributed by atoms with E-state index >= 15 is 0 Å². The highest BCUT2D eigenvalue weighted by atomic mass is 35.5. The maximum Gasteiger partial charge on any atom is 0.282 e. The second kappa shape index (κ2) is 7.74. The highest BCUT2D eigenvalue weighted by molar-refractivity contribution is 6.50. The number of likely N-dealkylation sites (N-methyl/N-ethyl adjacent to an activating group) is 1. The molecular formula is C23H16Cl2N2O2. The van der Waals surface area contributed by atoms with E-state index in [1.165, 1.54) is 0 Å². The molecule has 0 saturated heterocycles. The molecule has 4 nitrogen and oxygen atoms in total. The fourth-order valence-corrected chi connectivity index (χ4v) is 3.74. The molecule has 0 fully saturated rings. The lowest BCUT2D eigenvalue weighted by Crippen LogP contribution is -2.34. The van der Waals surface area contributed by atoms with Crippen LogP contribution in [0.3, 0.4) is 0 Å². The van der Waals surface area contributed by atoms with Gasteiger partial charge >= 0.3 is 0 Å². The molecule has 0 unspecified atom stereocenters. The van der Waals surface area contributed by atoms with Crippen molar-refractivity contribution in [2.45, 2.75) is 0 Å². The minimum Gasteiger partial charge on any atom is -0.339 e. The van der Waals surface area contributed by atoms with Crippen LogP contribution in [-0.4, -0.2) is 18.9 Å². The topological polar surface area (TPSA) is 40.6 Å². The molecule has 4 rings (SSSR count). The van der Waals surface area contributed by atoms with Crippen molar-refractivity contribution in [1.29, 1.82) is 0 Å². The number of rotatable bonds is 4. The number of anilines is 2. The Bertz CT molecular complexity index is 1130. The van der Waals surface area contributed by atoms with Gasteiger partial charge in [-0.3, -0.25) is 9.59 Å². The molecule has 3 aromatic carbocycles. The molecular weight excluding hydrogens is 407 g/mol. The van der Waals surface area contributed by atoms with Crippen molar-refractivity contribution in [3.63, 3.8) is 0 Å². The summed E-state index contributed by atoms with van der Waals surface area (Å²) in [4.78, 5) is 29.7. The molecule has 1 aliphatic rings. The summed E-state index contributed by atoms with van der Waals surface area (Å²) in [6.45, 7) is 0. The van der Waals surface area contributed by atoms with Crippen LogP contribution >= 0.6 is 23.2 Å². The Labute approximate surface area is 178 Å². The van der Waals surface area contributed by atoms with E-state index in [4.69, 9.17) is 23.2 Å². The van der Waals surface area contributed by atoms with Crippen LogP contribution in [0.2, 0.25) is 10.0 Å². The number of halogens is 2. The zero-order valence-electron chi connectivity index (χ0n) is 15.5. The van der Waals surface area contributed by atoms with Crippen molar-refractivity contribution in [3.05, 3.63) is 100 Å². The highest BCUT2D eigenvalue weighted by Crippen LogP contribution is 2.40. The van der Waals surface area contributed by atoms with Gasteiger partial charge in [0.05, 0.1) is 21.3 Å². The second-order valence-corrected chi connectivity index (χ2v) is 7.29. The van der Waals surface area contributed by atoms with Crippen LogP contribution in [0.5, 0.6) is 0 Å². The summed E-state index contributed by atoms with van der Waals surface area (Å²) >= 11 is 12.5. The molecule has 1 heterocycles. The molecule has 0 bridgehead atoms. The molecule has 0 aliphatic carbocycles. The molecule has 0 atom stereocenters. The molecule has 0 N–H and O–H groups in total. The Balaban J connectivity index is 1.90. The summed E-state index contributed by atoms with van der Waals surface area (Å²) in [6.07, 6.45) is 0. The molecule has 3 aromatic rings. The Morgan fingerprint density at radius 3 is 2.03 bits per heavy atom. The second-order valence-electron chi connectivity index (χ2n) is 6.50. The van der Waals surface area contributed by atoms with Gasteiger partial charge < -0.3 is 4.90 Å². The molecule has 6 heteroatoms. The number of carbonyl (C=O) groups is 2. The minimum absolute atomic E-state index is 0.159. The fraction of sp³-hybridized carbons (Fsp3) is 0.0435. The van der Waals surface area contributed by atoms with E-state index in [2.05, 4.69) is 0 Å². The lowest BCUT2D eigenvalue weighted by Gasteiger charge is -2.22. The van der Waals surface area contributed by atoms with Crippen molar-refractivity contribution in [2.75, 3.05) is 16.8 Å². The van der Waals surface area contributed by atoms with Gasteiger partial charge in [-0.05, 0) is 29.8 Å². The first-order valence-electron chi connectivity index (χ1n) is 8.92. The van der Waals surface area contributed by atoms with Gasteiger partial charge in [0.25, 0.3) is 11.8 Å². The van der Waals surface area contributed by atoms with Crippen LogP contribution in [0, 0.1) is 0 Å². The van der Waals surface area contributed by atoms with Crippen molar-refractivity contribution in [2.24, 2.45) is 0 Å². The standard InChI is InChI=1S/C23H16Cl2N2O2/c1-26(16-11-6-3-7-12-16)21-19(15-9-4-2-5-10-15)22(28)27(23(21)29)18-14-8-13-17(24)20(18)25/h2-14H,1H3. The fourth-order valence-electron chi connectivity index (χ4n) is 3.36. The van der Waals surface area contributed by atoms with Gasteiger partial charge in [-0.15, -0.1) is 0 Å². The van der Waals surface area contributed by atoms with Crippen molar-refractivity contribution in [3.8, 4) is 0 Å². The third-order valence-corrected chi connectivity index (χ3v) is 5.58. The lowest BCUT2D eigenvalue weighted by atomic mass is 10.0. The Morgan fingerprint density at radius 2 is 1.38 bits per heavy atom. The van der Waals surface area contributed by atoms with Crippen LogP contribution < -0.4 is 9.80 Å². The van der Waals surface area contributed by atoms with E-state index in [0.29, 0.717) is 11.1 Å². The van der Waals surface area contributed by atoms with Gasteiger partial charge in [-0.1, -0.05) is 77.8 Å². The number of hydrogen-bond acceptors (Lipinski definition) is 3. The first kappa shape index (κ1) is 19.2. The van der Waals surface area contributed by atoms with E-state index in [-0.39, 0.29) is 21.4 Å². The molecule has 0 saturated carbocycles. The third-order valence-electron chi connectivity index (χ3n) is 4.77. The first-order valence-corrected chi connectivity index (χ1v) is 9.67. The van der Waals surface area contributed by atoms with Crippen LogP contribution in [-0.2, 0) is 9.59 Å². The van der Waals surface area contributed by atoms with Crippen molar-refractivity contribution in [1.82, 2.24) is 0 Å². The van der Waals surface area contributed by atoms with Gasteiger partial charge in [-0.2, -0.15) is 0 Å². The van der Waals surface area contributed by atoms with Gasteiger partial charge in [0, 0.05) is 12.7 Å². The lowest BCUT2D eigenvalue weighted by molar-refractivity contribution is -0.120. The summed E-state index contributed by atoms with van der Waals surface area (Å²) in [6, 6.07) is 23.4. The summed E-state index contributed by atoms with van der Waals surface area (Å²) in [5.41, 5.74) is 2.31. The molecule has 0 aromatic heterocycles. The van der Waals surface area contributed by atoms with Gasteiger partial charge in [-0.25, -0.2) is 4.90 Å². The van der Waals surface area contributed by atoms with E-state index in [9.17, 15) is 9.59 Å². The number of carbonyl (C=O) groups excluding carboxylic acids is 2. The number of nitrogens with zero attached hydrogens (tertiary/aromatic N) is 2. The third kappa shape index (κ3) is 3.31. The van der Waals surface area contributed by atoms with Crippen molar-refractivity contribution >= 4 is 52.0 Å². The Hall–Kier alpha value is -3.08. The van der Waals surface area contributed by atoms with Crippen LogP contribution in [0.1, 0.15) is 5.56 Å². The molecule has 0 spiro atoms. The highest BCUT2D eigenvalue weighted by Gasteiger charge is 2.42. The molecule has 1 aliphatic heterocycles. The minimum atomic E-state index is -0.454. The zero-order chi connectivity index (χ0) is 20.5. The summed E-state index contributed by atoms with van der Waals surface area (Å²) in [5, 5.41) is 0.433. The van der Waals surface area contributed by atoms with E-state index < -0.39 is 11.8 Å². The van der Waals surface area contributed by atoms with Crippen molar-refractivity contribution < 1.29 is 9.59 Å². The molecule has 144 valence electrons. The Morgan fingerprint density at radius 1 is 0.759 bits per heavy atom. The number of hydrogen-bond donors (Lipinski definition) is 0. The SMILES string of the molecule is CN(C1=C(c2ccccc2)C(=O)N(c2cccc(Cl)c2Cl)C1=O)c1ccccc1. The molecule has 2 amide bonds. The smallest absolute Gasteiger partial charge is 0.282 e. The predicted octanol–water partition coefficient (Wildman–Crippen LogP) is 5.41. The number of imide groups is 1. The predicted molar refractivity (Wildman–Crippen MR) is 117 cm³/mol. The average Bonchev–Trinajstić information content (AvgIpc) is 3.01. The largest absolute Gasteiger partial charge is 0.339 e. The monoisotopic (exact) mass is 422 g/mol. The summed E-state index contributed by atoms with van der Waals surface area (Å²) in [5.74, 6) is -0.896. The van der Waals surface area contributed by atoms with E-state index in [0.717, 1.165) is 10.6 Å². The molecule has 29 heavy (non-hydrogen) atoms. The maximum absolute atomic E-state index is 13.5. The van der Waals surface area contributed by atoms with Gasteiger partial charge in [0.1, 0.15) is 5.70 Å². The Kier molecular flexibility index (Phi) is 5.14. The van der Waals surface area contributed by atoms with Gasteiger partial charge in [0.15, 0.2) is 0 Å². The first-order chi connectivity index (χ1) is 14.0. The van der Waals surface area contributed by atoms with Gasteiger partial charge in [0.2, 0.25) is 0 Å². The molecule has 0 radical (unpaired) electrons. The summed E-state index contributed by atoms with van der Waals surface area (Å²) < 4.78 is 0. The van der Waals surface area contributed by atoms with Crippen LogP contribution in [0.25, 0.3) is 5.57 Å². The maximum atomic E-state index is 13.5. The average molecular weight is 423 g/mol. The van der Waals surface area contributed by atoms with Crippen LogP contribution in [0.4, 0.5) is 11.4 Å². The van der Waals surface area contributed by atoms with E-state index in [1.54, 1.807) is 30.1 Å². The summed E-state index contributed by atoms with van der Waals surface area (Å²) in [7, 11) is 1.77. The normalized spacial score (nSPS) is 14.0. The van der Waals surface area contributed by atoms with Crippen LogP contribution in [0.15, 0.2) is 84.6 Å². The number of amides is 2. The zero-order valence-corrected chi connectivity index (χ0v) is 17.0.